The van der Waals surface area contributed by atoms with Crippen molar-refractivity contribution in [3.8, 4) is 11.5 Å². The highest BCUT2D eigenvalue weighted by Crippen LogP contribution is 2.38. The van der Waals surface area contributed by atoms with Gasteiger partial charge in [0.15, 0.2) is 5.11 Å². The van der Waals surface area contributed by atoms with Crippen LogP contribution in [-0.2, 0) is 4.79 Å². The molecule has 0 saturated heterocycles. The molecule has 4 aromatic rings. The van der Waals surface area contributed by atoms with Crippen molar-refractivity contribution in [1.82, 2.24) is 0 Å². The van der Waals surface area contributed by atoms with Gasteiger partial charge in [-0.15, -0.1) is 11.8 Å². The van der Waals surface area contributed by atoms with Crippen LogP contribution in [0.25, 0.3) is 0 Å². The Labute approximate surface area is 232 Å². The molecule has 0 aliphatic rings. The third-order valence-electron chi connectivity index (χ3n) is 5.66. The molecule has 0 aliphatic heterocycles. The Morgan fingerprint density at radius 1 is 0.789 bits per heavy atom. The molecule has 0 radical (unpaired) electrons. The smallest absolute Gasteiger partial charge is 0.242 e. The van der Waals surface area contributed by atoms with Gasteiger partial charge in [-0.1, -0.05) is 54.1 Å². The van der Waals surface area contributed by atoms with E-state index in [9.17, 15) is 4.79 Å². The van der Waals surface area contributed by atoms with Crippen LogP contribution >= 0.6 is 24.0 Å². The maximum atomic E-state index is 13.6. The van der Waals surface area contributed by atoms with Gasteiger partial charge in [-0.25, -0.2) is 0 Å². The Morgan fingerprint density at radius 2 is 1.53 bits per heavy atom. The lowest BCUT2D eigenvalue weighted by molar-refractivity contribution is -0.115. The van der Waals surface area contributed by atoms with Crippen LogP contribution in [0.1, 0.15) is 16.4 Å². The molecule has 0 saturated carbocycles. The molecule has 38 heavy (non-hydrogen) atoms. The number of nitrogens with one attached hydrogen (secondary N) is 3. The van der Waals surface area contributed by atoms with E-state index < -0.39 is 5.25 Å². The van der Waals surface area contributed by atoms with Gasteiger partial charge >= 0.3 is 0 Å². The maximum absolute atomic E-state index is 13.6. The van der Waals surface area contributed by atoms with Crippen LogP contribution in [0.4, 0.5) is 17.1 Å². The molecule has 0 spiro atoms. The SMILES string of the molecule is COc1ccc(OC)c(NC(=O)C(Sc2cccc(NC(=S)Nc3ccc(C)cc3)c2)c2ccccc2)c1. The zero-order valence-corrected chi connectivity index (χ0v) is 23.0. The maximum Gasteiger partial charge on any atom is 0.242 e. The van der Waals surface area contributed by atoms with E-state index in [1.165, 1.54) is 17.3 Å². The van der Waals surface area contributed by atoms with Gasteiger partial charge < -0.3 is 25.4 Å². The second kappa shape index (κ2) is 13.0. The number of anilines is 3. The second-order valence-corrected chi connectivity index (χ2v) is 10.0. The van der Waals surface area contributed by atoms with Crippen molar-refractivity contribution in [3.63, 3.8) is 0 Å². The predicted molar refractivity (Wildman–Crippen MR) is 161 cm³/mol. The van der Waals surface area contributed by atoms with E-state index in [2.05, 4.69) is 16.0 Å². The first-order chi connectivity index (χ1) is 18.4. The molecule has 0 aliphatic carbocycles. The summed E-state index contributed by atoms with van der Waals surface area (Å²) in [5, 5.41) is 9.42. The Hall–Kier alpha value is -4.01. The van der Waals surface area contributed by atoms with Crippen molar-refractivity contribution >= 4 is 52.1 Å². The molecule has 1 atom stereocenters. The molecule has 0 fully saturated rings. The average Bonchev–Trinajstić information content (AvgIpc) is 2.93. The number of thioether (sulfide) groups is 1. The van der Waals surface area contributed by atoms with E-state index in [0.29, 0.717) is 22.3 Å². The van der Waals surface area contributed by atoms with Crippen LogP contribution in [0.3, 0.4) is 0 Å². The van der Waals surface area contributed by atoms with Gasteiger partial charge in [-0.05, 0) is 67.2 Å². The molecule has 0 aromatic heterocycles. The van der Waals surface area contributed by atoms with Crippen molar-refractivity contribution in [1.29, 1.82) is 0 Å². The Bertz CT molecular complexity index is 1400. The predicted octanol–water partition coefficient (Wildman–Crippen LogP) is 7.29. The number of amides is 1. The molecule has 8 heteroatoms. The first-order valence-corrected chi connectivity index (χ1v) is 13.2. The van der Waals surface area contributed by atoms with Crippen molar-refractivity contribution in [2.75, 3.05) is 30.2 Å². The van der Waals surface area contributed by atoms with Crippen molar-refractivity contribution < 1.29 is 14.3 Å². The quantitative estimate of drug-likeness (QED) is 0.151. The fourth-order valence-electron chi connectivity index (χ4n) is 3.72. The van der Waals surface area contributed by atoms with E-state index in [1.807, 2.05) is 85.8 Å². The zero-order chi connectivity index (χ0) is 26.9. The van der Waals surface area contributed by atoms with Crippen LogP contribution in [0.5, 0.6) is 11.5 Å². The number of aryl methyl sites for hydroxylation is 1. The lowest BCUT2D eigenvalue weighted by Gasteiger charge is -2.19. The van der Waals surface area contributed by atoms with E-state index in [-0.39, 0.29) is 5.91 Å². The van der Waals surface area contributed by atoms with E-state index in [1.54, 1.807) is 32.4 Å². The van der Waals surface area contributed by atoms with Crippen molar-refractivity contribution in [2.24, 2.45) is 0 Å². The third-order valence-corrected chi connectivity index (χ3v) is 7.11. The molecule has 4 rings (SSSR count). The van der Waals surface area contributed by atoms with Gasteiger partial charge in [0, 0.05) is 22.3 Å². The number of hydrogen-bond donors (Lipinski definition) is 3. The molecule has 1 amide bonds. The van der Waals surface area contributed by atoms with Gasteiger partial charge in [0.05, 0.1) is 19.9 Å². The number of methoxy groups -OCH3 is 2. The number of carbonyl (C=O) groups excluding carboxylic acids is 1. The number of benzene rings is 4. The summed E-state index contributed by atoms with van der Waals surface area (Å²) in [5.41, 5.74) is 4.34. The summed E-state index contributed by atoms with van der Waals surface area (Å²) < 4.78 is 10.8. The highest BCUT2D eigenvalue weighted by atomic mass is 32.2. The average molecular weight is 544 g/mol. The van der Waals surface area contributed by atoms with Crippen molar-refractivity contribution in [3.05, 3.63) is 108 Å². The Kier molecular flexibility index (Phi) is 9.24. The van der Waals surface area contributed by atoms with Crippen LogP contribution < -0.4 is 25.4 Å². The van der Waals surface area contributed by atoms with Gasteiger partial charge in [0.1, 0.15) is 16.7 Å². The van der Waals surface area contributed by atoms with Crippen LogP contribution in [0.2, 0.25) is 0 Å². The summed E-state index contributed by atoms with van der Waals surface area (Å²) in [4.78, 5) is 14.5. The lowest BCUT2D eigenvalue weighted by atomic mass is 10.1. The highest BCUT2D eigenvalue weighted by molar-refractivity contribution is 8.00. The first-order valence-electron chi connectivity index (χ1n) is 11.9. The zero-order valence-electron chi connectivity index (χ0n) is 21.4. The fraction of sp³-hybridized carbons (Fsp3) is 0.133. The second-order valence-electron chi connectivity index (χ2n) is 8.44. The third kappa shape index (κ3) is 7.27. The number of carbonyl (C=O) groups is 1. The van der Waals surface area contributed by atoms with Gasteiger partial charge in [0.2, 0.25) is 5.91 Å². The molecule has 6 nitrogen and oxygen atoms in total. The van der Waals surface area contributed by atoms with Crippen LogP contribution in [0, 0.1) is 6.92 Å². The van der Waals surface area contributed by atoms with Crippen LogP contribution in [-0.4, -0.2) is 25.2 Å². The monoisotopic (exact) mass is 543 g/mol. The van der Waals surface area contributed by atoms with E-state index in [4.69, 9.17) is 21.7 Å². The van der Waals surface area contributed by atoms with Crippen LogP contribution in [0.15, 0.2) is 102 Å². The molecule has 0 bridgehead atoms. The van der Waals surface area contributed by atoms with E-state index >= 15 is 0 Å². The molecule has 194 valence electrons. The normalized spacial score (nSPS) is 11.2. The minimum absolute atomic E-state index is 0.178. The summed E-state index contributed by atoms with van der Waals surface area (Å²) in [7, 11) is 3.15. The highest BCUT2D eigenvalue weighted by Gasteiger charge is 2.23. The van der Waals surface area contributed by atoms with Gasteiger partial charge in [-0.3, -0.25) is 4.79 Å². The standard InChI is InChI=1S/C30H29N3O3S2/c1-20-12-14-22(15-13-20)31-30(37)32-23-10-7-11-25(18-23)38-28(21-8-5-4-6-9-21)29(34)33-26-19-24(35-2)16-17-27(26)36-3/h4-19,28H,1-3H3,(H,33,34)(H2,31,32,37). The Balaban J connectivity index is 1.52. The first kappa shape index (κ1) is 27.0. The van der Waals surface area contributed by atoms with Gasteiger partial charge in [-0.2, -0.15) is 0 Å². The largest absolute Gasteiger partial charge is 0.497 e. The topological polar surface area (TPSA) is 71.6 Å². The summed E-state index contributed by atoms with van der Waals surface area (Å²) in [5.74, 6) is 0.999. The molecule has 3 N–H and O–H groups in total. The minimum atomic E-state index is -0.514. The molecule has 4 aromatic carbocycles. The molecule has 1 unspecified atom stereocenters. The summed E-state index contributed by atoms with van der Waals surface area (Å²) in [6, 6.07) is 30.8. The number of thiocarbonyl (C=S) groups is 1. The number of hydrogen-bond acceptors (Lipinski definition) is 5. The Morgan fingerprint density at radius 3 is 2.24 bits per heavy atom. The van der Waals surface area contributed by atoms with Crippen molar-refractivity contribution in [2.45, 2.75) is 17.1 Å². The summed E-state index contributed by atoms with van der Waals surface area (Å²) in [6.45, 7) is 2.04. The molecular formula is C30H29N3O3S2. The fourth-order valence-corrected chi connectivity index (χ4v) is 5.04. The lowest BCUT2D eigenvalue weighted by Crippen LogP contribution is -2.20. The molecule has 0 heterocycles. The van der Waals surface area contributed by atoms with Gasteiger partial charge in [0.25, 0.3) is 0 Å². The summed E-state index contributed by atoms with van der Waals surface area (Å²) in [6.07, 6.45) is 0. The number of rotatable bonds is 9. The molecular weight excluding hydrogens is 514 g/mol. The minimum Gasteiger partial charge on any atom is -0.497 e. The van der Waals surface area contributed by atoms with E-state index in [0.717, 1.165) is 21.8 Å². The summed E-state index contributed by atoms with van der Waals surface area (Å²) >= 11 is 6.95. The number of ether oxygens (including phenoxy) is 2.